The summed E-state index contributed by atoms with van der Waals surface area (Å²) in [7, 11) is 2.16. The molecule has 0 atom stereocenters. The largest absolute Gasteiger partial charge is 0.369 e. The Morgan fingerprint density at radius 1 is 1.13 bits per heavy atom. The van der Waals surface area contributed by atoms with Crippen LogP contribution in [-0.4, -0.2) is 79.5 Å². The number of carbonyl (C=O) groups excluding carboxylic acids is 2. The summed E-state index contributed by atoms with van der Waals surface area (Å²) in [6, 6.07) is 8.45. The van der Waals surface area contributed by atoms with E-state index in [-0.39, 0.29) is 11.8 Å². The minimum Gasteiger partial charge on any atom is -0.369 e. The molecule has 2 amide bonds. The topological polar surface area (TPSA) is 68.8 Å². The third-order valence-electron chi connectivity index (χ3n) is 5.77. The normalized spacial score (nSPS) is 17.6. The summed E-state index contributed by atoms with van der Waals surface area (Å²) in [4.78, 5) is 35.7. The van der Waals surface area contributed by atoms with Crippen LogP contribution in [0.1, 0.15) is 28.9 Å². The first-order valence-corrected chi connectivity index (χ1v) is 11.5. The van der Waals surface area contributed by atoms with Gasteiger partial charge < -0.3 is 20.0 Å². The number of hydrogen-bond donors (Lipinski definition) is 1. The standard InChI is InChI=1S/C22H29N5O2S/c1-25-12-14-26(15-13-25)18-7-5-17(6-8-18)22-24-16-19(30-22)21(29)23-9-3-11-27-10-2-4-20(27)28/h5-8,16H,2-4,9-15H2,1H3,(H,23,29). The van der Waals surface area contributed by atoms with E-state index in [0.717, 1.165) is 56.1 Å². The van der Waals surface area contributed by atoms with Gasteiger partial charge in [-0.3, -0.25) is 9.59 Å². The molecule has 2 aromatic rings. The maximum atomic E-state index is 12.4. The Hall–Kier alpha value is -2.45. The van der Waals surface area contributed by atoms with Crippen molar-refractivity contribution in [2.75, 3.05) is 57.8 Å². The zero-order chi connectivity index (χ0) is 20.9. The molecule has 0 bridgehead atoms. The molecule has 0 aliphatic carbocycles. The summed E-state index contributed by atoms with van der Waals surface area (Å²) in [5, 5.41) is 3.80. The molecule has 2 aliphatic heterocycles. The highest BCUT2D eigenvalue weighted by Crippen LogP contribution is 2.27. The number of benzene rings is 1. The van der Waals surface area contributed by atoms with Gasteiger partial charge in [0.1, 0.15) is 9.88 Å². The highest BCUT2D eigenvalue weighted by molar-refractivity contribution is 7.16. The molecule has 0 radical (unpaired) electrons. The molecule has 0 spiro atoms. The van der Waals surface area contributed by atoms with Crippen LogP contribution in [0.25, 0.3) is 10.6 Å². The fraction of sp³-hybridized carbons (Fsp3) is 0.500. The number of likely N-dealkylation sites (N-methyl/N-ethyl adjacent to an activating group) is 1. The number of amides is 2. The van der Waals surface area contributed by atoms with Crippen molar-refractivity contribution < 1.29 is 9.59 Å². The zero-order valence-corrected chi connectivity index (χ0v) is 18.3. The predicted octanol–water partition coefficient (Wildman–Crippen LogP) is 2.30. The molecule has 0 unspecified atom stereocenters. The quantitative estimate of drug-likeness (QED) is 0.687. The second kappa shape index (κ2) is 9.57. The Morgan fingerprint density at radius 2 is 1.90 bits per heavy atom. The average molecular weight is 428 g/mol. The number of rotatable bonds is 7. The predicted molar refractivity (Wildman–Crippen MR) is 120 cm³/mol. The minimum absolute atomic E-state index is 0.0967. The van der Waals surface area contributed by atoms with Crippen LogP contribution in [0.2, 0.25) is 0 Å². The molecular formula is C22H29N5O2S. The lowest BCUT2D eigenvalue weighted by Gasteiger charge is -2.34. The van der Waals surface area contributed by atoms with Crippen molar-refractivity contribution in [3.8, 4) is 10.6 Å². The van der Waals surface area contributed by atoms with E-state index in [0.29, 0.717) is 24.4 Å². The van der Waals surface area contributed by atoms with Gasteiger partial charge in [0.05, 0.1) is 6.20 Å². The van der Waals surface area contributed by atoms with E-state index >= 15 is 0 Å². The van der Waals surface area contributed by atoms with Crippen LogP contribution in [0.4, 0.5) is 5.69 Å². The van der Waals surface area contributed by atoms with Gasteiger partial charge in [0.15, 0.2) is 0 Å². The number of hydrogen-bond acceptors (Lipinski definition) is 6. The van der Waals surface area contributed by atoms with Gasteiger partial charge in [-0.1, -0.05) is 0 Å². The molecule has 160 valence electrons. The molecule has 3 heterocycles. The Labute approximate surface area is 181 Å². The van der Waals surface area contributed by atoms with E-state index in [2.05, 4.69) is 51.4 Å². The maximum absolute atomic E-state index is 12.4. The summed E-state index contributed by atoms with van der Waals surface area (Å²) < 4.78 is 0. The van der Waals surface area contributed by atoms with Gasteiger partial charge in [0.2, 0.25) is 5.91 Å². The summed E-state index contributed by atoms with van der Waals surface area (Å²) in [6.07, 6.45) is 4.03. The molecule has 30 heavy (non-hydrogen) atoms. The van der Waals surface area contributed by atoms with Gasteiger partial charge in [-0.05, 0) is 44.2 Å². The van der Waals surface area contributed by atoms with Crippen LogP contribution in [0, 0.1) is 0 Å². The molecule has 2 aliphatic rings. The average Bonchev–Trinajstić information content (AvgIpc) is 3.41. The fourth-order valence-corrected chi connectivity index (χ4v) is 4.73. The lowest BCUT2D eigenvalue weighted by atomic mass is 10.2. The first kappa shape index (κ1) is 20.8. The number of piperazine rings is 1. The van der Waals surface area contributed by atoms with Gasteiger partial charge in [-0.2, -0.15) is 0 Å². The molecule has 7 nitrogen and oxygen atoms in total. The van der Waals surface area contributed by atoms with E-state index in [4.69, 9.17) is 0 Å². The fourth-order valence-electron chi connectivity index (χ4n) is 3.89. The van der Waals surface area contributed by atoms with Crippen molar-refractivity contribution in [2.24, 2.45) is 0 Å². The number of carbonyl (C=O) groups is 2. The third-order valence-corrected chi connectivity index (χ3v) is 6.82. The summed E-state index contributed by atoms with van der Waals surface area (Å²) in [5.74, 6) is 0.132. The first-order chi connectivity index (χ1) is 14.6. The van der Waals surface area contributed by atoms with Crippen LogP contribution in [0.3, 0.4) is 0 Å². The molecule has 2 saturated heterocycles. The van der Waals surface area contributed by atoms with E-state index in [1.807, 2.05) is 4.90 Å². The van der Waals surface area contributed by atoms with Crippen LogP contribution < -0.4 is 10.2 Å². The number of likely N-dealkylation sites (tertiary alicyclic amines) is 1. The van der Waals surface area contributed by atoms with E-state index in [1.165, 1.54) is 17.0 Å². The van der Waals surface area contributed by atoms with Gasteiger partial charge >= 0.3 is 0 Å². The second-order valence-corrected chi connectivity index (χ2v) is 8.99. The Kier molecular flexibility index (Phi) is 6.64. The maximum Gasteiger partial charge on any atom is 0.263 e. The molecule has 8 heteroatoms. The van der Waals surface area contributed by atoms with Gasteiger partial charge in [-0.15, -0.1) is 11.3 Å². The van der Waals surface area contributed by atoms with Crippen LogP contribution in [0.15, 0.2) is 30.5 Å². The number of anilines is 1. The van der Waals surface area contributed by atoms with Crippen molar-refractivity contribution in [1.82, 2.24) is 20.1 Å². The Balaban J connectivity index is 1.27. The van der Waals surface area contributed by atoms with Crippen molar-refractivity contribution >= 4 is 28.8 Å². The lowest BCUT2D eigenvalue weighted by Crippen LogP contribution is -2.44. The van der Waals surface area contributed by atoms with E-state index in [1.54, 1.807) is 6.20 Å². The van der Waals surface area contributed by atoms with Crippen LogP contribution in [0.5, 0.6) is 0 Å². The van der Waals surface area contributed by atoms with Gasteiger partial charge in [0, 0.05) is 63.5 Å². The Morgan fingerprint density at radius 3 is 2.60 bits per heavy atom. The number of thiazole rings is 1. The molecule has 1 aromatic carbocycles. The summed E-state index contributed by atoms with van der Waals surface area (Å²) >= 11 is 1.41. The molecule has 4 rings (SSSR count). The Bertz CT molecular complexity index is 874. The highest BCUT2D eigenvalue weighted by atomic mass is 32.1. The van der Waals surface area contributed by atoms with Crippen LogP contribution in [-0.2, 0) is 4.79 Å². The monoisotopic (exact) mass is 427 g/mol. The summed E-state index contributed by atoms with van der Waals surface area (Å²) in [5.41, 5.74) is 2.27. The number of nitrogens with zero attached hydrogens (tertiary/aromatic N) is 4. The second-order valence-electron chi connectivity index (χ2n) is 7.96. The van der Waals surface area contributed by atoms with Gasteiger partial charge in [0.25, 0.3) is 5.91 Å². The molecular weight excluding hydrogens is 398 g/mol. The molecule has 1 aromatic heterocycles. The smallest absolute Gasteiger partial charge is 0.263 e. The number of nitrogens with one attached hydrogen (secondary N) is 1. The molecule has 0 saturated carbocycles. The highest BCUT2D eigenvalue weighted by Gasteiger charge is 2.19. The zero-order valence-electron chi connectivity index (χ0n) is 17.5. The van der Waals surface area contributed by atoms with E-state index < -0.39 is 0 Å². The lowest BCUT2D eigenvalue weighted by molar-refractivity contribution is -0.127. The van der Waals surface area contributed by atoms with Crippen molar-refractivity contribution in [2.45, 2.75) is 19.3 Å². The summed E-state index contributed by atoms with van der Waals surface area (Å²) in [6.45, 7) is 6.38. The minimum atomic E-state index is -0.0967. The van der Waals surface area contributed by atoms with Crippen molar-refractivity contribution in [1.29, 1.82) is 0 Å². The third kappa shape index (κ3) is 4.99. The first-order valence-electron chi connectivity index (χ1n) is 10.7. The molecule has 1 N–H and O–H groups in total. The SMILES string of the molecule is CN1CCN(c2ccc(-c3ncc(C(=O)NCCCN4CCCC4=O)s3)cc2)CC1. The number of aromatic nitrogens is 1. The molecule has 2 fully saturated rings. The van der Waals surface area contributed by atoms with Crippen molar-refractivity contribution in [3.63, 3.8) is 0 Å². The van der Waals surface area contributed by atoms with Crippen molar-refractivity contribution in [3.05, 3.63) is 35.3 Å². The van der Waals surface area contributed by atoms with E-state index in [9.17, 15) is 9.59 Å². The van der Waals surface area contributed by atoms with Crippen LogP contribution >= 0.6 is 11.3 Å². The van der Waals surface area contributed by atoms with Gasteiger partial charge in [-0.25, -0.2) is 4.98 Å².